The molecule has 0 aliphatic rings. The van der Waals surface area contributed by atoms with Gasteiger partial charge in [0.25, 0.3) is 0 Å². The van der Waals surface area contributed by atoms with Crippen molar-refractivity contribution >= 4 is 24.6 Å². The van der Waals surface area contributed by atoms with Crippen LogP contribution >= 0.6 is 0 Å². The molecule has 3 heteroatoms. The molecule has 0 amide bonds. The predicted octanol–water partition coefficient (Wildman–Crippen LogP) is 0.334. The van der Waals surface area contributed by atoms with Crippen molar-refractivity contribution < 1.29 is 9.90 Å². The van der Waals surface area contributed by atoms with Gasteiger partial charge in [-0.15, -0.1) is 0 Å². The molecule has 1 N–H and O–H groups in total. The number of hydrogen-bond acceptors (Lipinski definition) is 2. The summed E-state index contributed by atoms with van der Waals surface area (Å²) >= 11 is 0. The van der Waals surface area contributed by atoms with Gasteiger partial charge in [0.05, 0.1) is 0 Å². The van der Waals surface area contributed by atoms with Crippen molar-refractivity contribution in [3.63, 3.8) is 0 Å². The summed E-state index contributed by atoms with van der Waals surface area (Å²) < 4.78 is 0. The first kappa shape index (κ1) is 12.9. The van der Waals surface area contributed by atoms with Gasteiger partial charge in [-0.25, -0.2) is 0 Å². The Morgan fingerprint density at radius 3 is 1.70 bits per heavy atom. The molecule has 0 heterocycles. The fourth-order valence-corrected chi connectivity index (χ4v) is 0.610. The van der Waals surface area contributed by atoms with E-state index in [0.717, 1.165) is 0 Å². The Morgan fingerprint density at radius 1 is 1.40 bits per heavy atom. The summed E-state index contributed by atoms with van der Waals surface area (Å²) in [5.74, 6) is -0.164. The Labute approximate surface area is 74.2 Å². The summed E-state index contributed by atoms with van der Waals surface area (Å²) in [4.78, 5) is 10.5. The molecule has 0 rings (SSSR count). The molecule has 0 spiro atoms. The van der Waals surface area contributed by atoms with E-state index in [1.807, 2.05) is 20.8 Å². The molecule has 0 aliphatic carbocycles. The molecule has 2 nitrogen and oxygen atoms in total. The van der Waals surface area contributed by atoms with Gasteiger partial charge in [-0.2, -0.15) is 0 Å². The number of ketones is 1. The maximum atomic E-state index is 10.5. The van der Waals surface area contributed by atoms with E-state index < -0.39 is 6.10 Å². The van der Waals surface area contributed by atoms with E-state index in [0.29, 0.717) is 0 Å². The van der Waals surface area contributed by atoms with Crippen molar-refractivity contribution in [2.75, 3.05) is 0 Å². The predicted molar refractivity (Wildman–Crippen MR) is 43.3 cm³/mol. The van der Waals surface area contributed by atoms with Crippen molar-refractivity contribution in [3.05, 3.63) is 0 Å². The second-order valence-corrected chi connectivity index (χ2v) is 3.38. The Hall–Kier alpha value is 0.227. The second kappa shape index (κ2) is 4.18. The van der Waals surface area contributed by atoms with Crippen LogP contribution in [0.15, 0.2) is 0 Å². The van der Waals surface area contributed by atoms with Crippen LogP contribution in [0.2, 0.25) is 0 Å². The summed E-state index contributed by atoms with van der Waals surface area (Å²) in [5.41, 5.74) is -0.314. The van der Waals surface area contributed by atoms with E-state index in [4.69, 9.17) is 5.11 Å². The molecule has 56 valence electrons. The van der Waals surface area contributed by atoms with Crippen LogP contribution in [-0.2, 0) is 4.79 Å². The quantitative estimate of drug-likeness (QED) is 0.530. The van der Waals surface area contributed by atoms with Gasteiger partial charge in [-0.3, -0.25) is 4.79 Å². The molecule has 0 aromatic heterocycles. The zero-order valence-electron chi connectivity index (χ0n) is 6.43. The monoisotopic (exact) mass is 138 g/mol. The summed E-state index contributed by atoms with van der Waals surface area (Å²) in [6.45, 7) is 6.90. The van der Waals surface area contributed by atoms with Crippen molar-refractivity contribution in [3.8, 4) is 0 Å². The summed E-state index contributed by atoms with van der Waals surface area (Å²) in [5, 5.41) is 9.11. The molecular formula is C7H15LiO2. The zero-order chi connectivity index (χ0) is 7.65. The van der Waals surface area contributed by atoms with Gasteiger partial charge in [-0.05, 0) is 12.3 Å². The topological polar surface area (TPSA) is 37.3 Å². The third-order valence-electron chi connectivity index (χ3n) is 1.21. The third-order valence-corrected chi connectivity index (χ3v) is 1.21. The van der Waals surface area contributed by atoms with Crippen molar-refractivity contribution in [2.45, 2.75) is 33.8 Å². The second-order valence-electron chi connectivity index (χ2n) is 3.38. The first-order valence-corrected chi connectivity index (χ1v) is 3.04. The van der Waals surface area contributed by atoms with Gasteiger partial charge in [0.15, 0.2) is 5.78 Å². The molecule has 1 unspecified atom stereocenters. The summed E-state index contributed by atoms with van der Waals surface area (Å²) in [7, 11) is 0. The normalized spacial score (nSPS) is 13.7. The Bertz CT molecular complexity index is 115. The molecule has 0 fully saturated rings. The maximum absolute atomic E-state index is 10.5. The molecule has 0 aromatic rings. The fourth-order valence-electron chi connectivity index (χ4n) is 0.610. The SMILES string of the molecule is CC(=O)C(O)C(C)(C)C.[LiH]. The first-order valence-electron chi connectivity index (χ1n) is 3.04. The number of rotatable bonds is 1. The third kappa shape index (κ3) is 4.11. The standard InChI is InChI=1S/C7H14O2.Li.H/c1-5(8)6(9)7(2,3)4;;/h6,9H,1-4H3;;. The molecule has 0 bridgehead atoms. The van der Waals surface area contributed by atoms with Crippen LogP contribution in [0.5, 0.6) is 0 Å². The van der Waals surface area contributed by atoms with Gasteiger partial charge in [0.1, 0.15) is 6.10 Å². The van der Waals surface area contributed by atoms with Gasteiger partial charge in [0, 0.05) is 0 Å². The van der Waals surface area contributed by atoms with E-state index in [-0.39, 0.29) is 30.1 Å². The minimum absolute atomic E-state index is 0. The molecule has 0 aromatic carbocycles. The van der Waals surface area contributed by atoms with Crippen LogP contribution in [0.3, 0.4) is 0 Å². The van der Waals surface area contributed by atoms with Gasteiger partial charge in [-0.1, -0.05) is 20.8 Å². The van der Waals surface area contributed by atoms with Crippen LogP contribution < -0.4 is 0 Å². The number of aliphatic hydroxyl groups excluding tert-OH is 1. The molecular weight excluding hydrogens is 123 g/mol. The molecule has 0 radical (unpaired) electrons. The molecule has 10 heavy (non-hydrogen) atoms. The van der Waals surface area contributed by atoms with Crippen LogP contribution in [0.4, 0.5) is 0 Å². The number of aliphatic hydroxyl groups is 1. The number of carbonyl (C=O) groups is 1. The van der Waals surface area contributed by atoms with Crippen molar-refractivity contribution in [1.29, 1.82) is 0 Å². The van der Waals surface area contributed by atoms with E-state index in [1.54, 1.807) is 0 Å². The van der Waals surface area contributed by atoms with Crippen molar-refractivity contribution in [2.24, 2.45) is 5.41 Å². The van der Waals surface area contributed by atoms with E-state index in [2.05, 4.69) is 0 Å². The van der Waals surface area contributed by atoms with Gasteiger partial charge >= 0.3 is 18.9 Å². The molecule has 0 aliphatic heterocycles. The molecule has 0 saturated carbocycles. The first-order chi connectivity index (χ1) is 3.85. The van der Waals surface area contributed by atoms with Crippen LogP contribution in [-0.4, -0.2) is 35.9 Å². The summed E-state index contributed by atoms with van der Waals surface area (Å²) in [6, 6.07) is 0. The molecule has 0 saturated heterocycles. The van der Waals surface area contributed by atoms with E-state index in [9.17, 15) is 4.79 Å². The van der Waals surface area contributed by atoms with Crippen LogP contribution in [0, 0.1) is 5.41 Å². The number of Topliss-reactive ketones (excluding diaryl/α,β-unsaturated/α-hetero) is 1. The average molecular weight is 138 g/mol. The number of hydrogen-bond donors (Lipinski definition) is 1. The zero-order valence-corrected chi connectivity index (χ0v) is 6.43. The van der Waals surface area contributed by atoms with E-state index >= 15 is 0 Å². The Kier molecular flexibility index (Phi) is 5.37. The van der Waals surface area contributed by atoms with Gasteiger partial charge < -0.3 is 5.11 Å². The Balaban J connectivity index is 0. The van der Waals surface area contributed by atoms with Gasteiger partial charge in [0.2, 0.25) is 0 Å². The van der Waals surface area contributed by atoms with E-state index in [1.165, 1.54) is 6.92 Å². The molecule has 1 atom stereocenters. The fraction of sp³-hybridized carbons (Fsp3) is 0.857. The van der Waals surface area contributed by atoms with Crippen molar-refractivity contribution in [1.82, 2.24) is 0 Å². The summed E-state index contributed by atoms with van der Waals surface area (Å²) in [6.07, 6.45) is -0.822. The average Bonchev–Trinajstić information content (AvgIpc) is 1.62. The minimum atomic E-state index is -0.822. The van der Waals surface area contributed by atoms with Crippen LogP contribution in [0.25, 0.3) is 0 Å². The van der Waals surface area contributed by atoms with Crippen LogP contribution in [0.1, 0.15) is 27.7 Å². The Morgan fingerprint density at radius 2 is 1.70 bits per heavy atom. The number of carbonyl (C=O) groups excluding carboxylic acids is 1.